The summed E-state index contributed by atoms with van der Waals surface area (Å²) in [5.41, 5.74) is 4.29. The van der Waals surface area contributed by atoms with E-state index in [0.717, 1.165) is 72.9 Å². The van der Waals surface area contributed by atoms with Crippen LogP contribution in [-0.4, -0.2) is 57.4 Å². The van der Waals surface area contributed by atoms with Crippen LogP contribution in [0.25, 0.3) is 0 Å². The van der Waals surface area contributed by atoms with E-state index in [2.05, 4.69) is 15.0 Å². The molecule has 0 spiro atoms. The summed E-state index contributed by atoms with van der Waals surface area (Å²) in [6.07, 6.45) is 5.54. The van der Waals surface area contributed by atoms with Crippen LogP contribution in [0.15, 0.2) is 10.0 Å². The lowest BCUT2D eigenvalue weighted by Crippen LogP contribution is -2.51. The Morgan fingerprint density at radius 2 is 1.87 bits per heavy atom. The summed E-state index contributed by atoms with van der Waals surface area (Å²) in [5, 5.41) is 3.95. The Kier molecular flexibility index (Phi) is 6.22. The Hall–Kier alpha value is -2.22. The van der Waals surface area contributed by atoms with Crippen LogP contribution in [0.2, 0.25) is 0 Å². The highest BCUT2D eigenvalue weighted by atomic mass is 32.1. The molecule has 2 amide bonds. The molecule has 0 radical (unpaired) electrons. The van der Waals surface area contributed by atoms with Crippen LogP contribution in [0, 0.1) is 26.7 Å². The summed E-state index contributed by atoms with van der Waals surface area (Å²) in [6.45, 7) is 7.98. The van der Waals surface area contributed by atoms with Crippen LogP contribution in [-0.2, 0) is 11.2 Å². The van der Waals surface area contributed by atoms with Crippen molar-refractivity contribution in [2.75, 3.05) is 19.6 Å². The van der Waals surface area contributed by atoms with Gasteiger partial charge in [0.1, 0.15) is 10.6 Å². The quantitative estimate of drug-likeness (QED) is 0.741. The Bertz CT molecular complexity index is 894. The lowest BCUT2D eigenvalue weighted by molar-refractivity contribution is -0.132. The molecule has 2 aromatic rings. The summed E-state index contributed by atoms with van der Waals surface area (Å²) in [5.74, 6) is 1.45. The Morgan fingerprint density at radius 3 is 2.50 bits per heavy atom. The van der Waals surface area contributed by atoms with E-state index < -0.39 is 0 Å². The van der Waals surface area contributed by atoms with Gasteiger partial charge in [-0.2, -0.15) is 0 Å². The van der Waals surface area contributed by atoms with Crippen molar-refractivity contribution in [3.63, 3.8) is 0 Å². The predicted molar refractivity (Wildman–Crippen MR) is 115 cm³/mol. The van der Waals surface area contributed by atoms with E-state index >= 15 is 0 Å². The second kappa shape index (κ2) is 8.88. The van der Waals surface area contributed by atoms with Crippen LogP contribution >= 0.6 is 11.3 Å². The number of carbonyl (C=O) groups is 2. The molecule has 8 heteroatoms. The maximum atomic E-state index is 13.2. The minimum Gasteiger partial charge on any atom is -0.361 e. The molecule has 0 N–H and O–H groups in total. The summed E-state index contributed by atoms with van der Waals surface area (Å²) in [7, 11) is 0. The van der Waals surface area contributed by atoms with Crippen LogP contribution in [0.4, 0.5) is 0 Å². The summed E-state index contributed by atoms with van der Waals surface area (Å²) < 4.78 is 5.19. The maximum Gasteiger partial charge on any atom is 0.266 e. The molecule has 0 bridgehead atoms. The number of hydrogen-bond donors (Lipinski definition) is 0. The molecule has 4 heterocycles. The zero-order valence-electron chi connectivity index (χ0n) is 18.0. The summed E-state index contributed by atoms with van der Waals surface area (Å²) in [6, 6.07) is 0.271. The second-order valence-electron chi connectivity index (χ2n) is 8.53. The number of likely N-dealkylation sites (tertiary alicyclic amines) is 2. The number of amides is 2. The molecule has 2 fully saturated rings. The molecule has 2 aliphatic heterocycles. The van der Waals surface area contributed by atoms with Crippen LogP contribution < -0.4 is 0 Å². The normalized spacial score (nSPS) is 20.6. The minimum absolute atomic E-state index is 0.136. The second-order valence-corrected chi connectivity index (χ2v) is 9.38. The fourth-order valence-corrected chi connectivity index (χ4v) is 5.65. The third-order valence-corrected chi connectivity index (χ3v) is 7.61. The van der Waals surface area contributed by atoms with Gasteiger partial charge in [-0.25, -0.2) is 4.98 Å². The highest BCUT2D eigenvalue weighted by molar-refractivity contribution is 7.11. The average molecular weight is 431 g/mol. The van der Waals surface area contributed by atoms with Crippen molar-refractivity contribution in [1.29, 1.82) is 0 Å². The summed E-state index contributed by atoms with van der Waals surface area (Å²) in [4.78, 5) is 35.1. The molecule has 162 valence electrons. The molecule has 30 heavy (non-hydrogen) atoms. The molecule has 0 aliphatic carbocycles. The Morgan fingerprint density at radius 1 is 1.10 bits per heavy atom. The number of nitrogens with zero attached hydrogens (tertiary/aromatic N) is 4. The topological polar surface area (TPSA) is 79.5 Å². The van der Waals surface area contributed by atoms with Gasteiger partial charge in [0.15, 0.2) is 0 Å². The van der Waals surface area contributed by atoms with E-state index in [1.54, 1.807) is 5.51 Å². The summed E-state index contributed by atoms with van der Waals surface area (Å²) >= 11 is 1.44. The number of aromatic nitrogens is 2. The number of thiazole rings is 1. The minimum atomic E-state index is 0.136. The van der Waals surface area contributed by atoms with Crippen LogP contribution in [0.3, 0.4) is 0 Å². The van der Waals surface area contributed by atoms with Gasteiger partial charge in [-0.05, 0) is 58.8 Å². The first kappa shape index (κ1) is 21.0. The maximum absolute atomic E-state index is 13.2. The Balaban J connectivity index is 1.38. The van der Waals surface area contributed by atoms with Crippen molar-refractivity contribution in [1.82, 2.24) is 19.9 Å². The third kappa shape index (κ3) is 4.15. The van der Waals surface area contributed by atoms with Crippen molar-refractivity contribution in [3.05, 3.63) is 33.1 Å². The lowest BCUT2D eigenvalue weighted by atomic mass is 9.83. The average Bonchev–Trinajstić information content (AvgIpc) is 3.33. The van der Waals surface area contributed by atoms with E-state index in [0.29, 0.717) is 12.3 Å². The van der Waals surface area contributed by atoms with Gasteiger partial charge in [0.2, 0.25) is 5.91 Å². The van der Waals surface area contributed by atoms with Crippen molar-refractivity contribution in [3.8, 4) is 0 Å². The van der Waals surface area contributed by atoms with Gasteiger partial charge in [0, 0.05) is 31.2 Å². The highest BCUT2D eigenvalue weighted by Gasteiger charge is 2.36. The molecule has 0 unspecified atom stereocenters. The van der Waals surface area contributed by atoms with Gasteiger partial charge in [0.25, 0.3) is 5.91 Å². The van der Waals surface area contributed by atoms with E-state index in [1.165, 1.54) is 17.8 Å². The molecular weight excluding hydrogens is 400 g/mol. The van der Waals surface area contributed by atoms with E-state index in [1.807, 2.05) is 25.7 Å². The number of rotatable bonds is 4. The van der Waals surface area contributed by atoms with Gasteiger partial charge in [0.05, 0.1) is 23.3 Å². The molecule has 2 saturated heterocycles. The molecule has 7 nitrogen and oxygen atoms in total. The van der Waals surface area contributed by atoms with Crippen molar-refractivity contribution < 1.29 is 14.1 Å². The molecule has 4 rings (SSSR count). The SMILES string of the molecule is Cc1ncsc1C(=O)N1CCCC[C@@H]1C1CCN(C(=O)Cc2c(C)noc2C)CC1. The predicted octanol–water partition coefficient (Wildman–Crippen LogP) is 3.53. The van der Waals surface area contributed by atoms with Crippen LogP contribution in [0.1, 0.15) is 64.5 Å². The first-order chi connectivity index (χ1) is 14.5. The van der Waals surface area contributed by atoms with Crippen molar-refractivity contribution >= 4 is 23.2 Å². The number of hydrogen-bond acceptors (Lipinski definition) is 6. The monoisotopic (exact) mass is 430 g/mol. The molecular formula is C22H30N4O3S. The fourth-order valence-electron chi connectivity index (χ4n) is 4.89. The first-order valence-electron chi connectivity index (χ1n) is 10.9. The smallest absolute Gasteiger partial charge is 0.266 e. The van der Waals surface area contributed by atoms with Crippen molar-refractivity contribution in [2.45, 2.75) is 65.3 Å². The van der Waals surface area contributed by atoms with Gasteiger partial charge < -0.3 is 14.3 Å². The van der Waals surface area contributed by atoms with Crippen LogP contribution in [0.5, 0.6) is 0 Å². The number of aryl methyl sites for hydroxylation is 3. The molecule has 1 atom stereocenters. The standard InChI is InChI=1S/C22H30N4O3S/c1-14-18(16(3)29-24-14)12-20(27)25-10-7-17(8-11-25)19-6-4-5-9-26(19)22(28)21-15(2)23-13-30-21/h13,17,19H,4-12H2,1-3H3/t19-/m1/s1. The van der Waals surface area contributed by atoms with Gasteiger partial charge in [-0.15, -0.1) is 11.3 Å². The molecule has 0 saturated carbocycles. The van der Waals surface area contributed by atoms with Gasteiger partial charge in [-0.3, -0.25) is 9.59 Å². The largest absolute Gasteiger partial charge is 0.361 e. The zero-order chi connectivity index (χ0) is 21.3. The lowest BCUT2D eigenvalue weighted by Gasteiger charge is -2.43. The zero-order valence-corrected chi connectivity index (χ0v) is 18.8. The first-order valence-corrected chi connectivity index (χ1v) is 11.7. The molecule has 2 aliphatic rings. The van der Waals surface area contributed by atoms with Crippen molar-refractivity contribution in [2.24, 2.45) is 5.92 Å². The number of carbonyl (C=O) groups excluding carboxylic acids is 2. The Labute approximate surface area is 181 Å². The van der Waals surface area contributed by atoms with Gasteiger partial charge >= 0.3 is 0 Å². The van der Waals surface area contributed by atoms with E-state index in [9.17, 15) is 9.59 Å². The molecule has 2 aromatic heterocycles. The molecule has 0 aromatic carbocycles. The number of piperidine rings is 2. The van der Waals surface area contributed by atoms with E-state index in [-0.39, 0.29) is 17.9 Å². The van der Waals surface area contributed by atoms with E-state index in [4.69, 9.17) is 4.52 Å². The third-order valence-electron chi connectivity index (χ3n) is 6.70. The fraction of sp³-hybridized carbons (Fsp3) is 0.636. The van der Waals surface area contributed by atoms with Gasteiger partial charge in [-0.1, -0.05) is 5.16 Å². The highest BCUT2D eigenvalue weighted by Crippen LogP contribution is 2.32.